The molecule has 1 aromatic heterocycles. The second kappa shape index (κ2) is 9.14. The van der Waals surface area contributed by atoms with Crippen molar-refractivity contribution in [3.63, 3.8) is 0 Å². The third kappa shape index (κ3) is 5.00. The van der Waals surface area contributed by atoms with Gasteiger partial charge in [0.15, 0.2) is 5.76 Å². The normalized spacial score (nSPS) is 21.6. The molecular weight excluding hydrogens is 392 g/mol. The van der Waals surface area contributed by atoms with Crippen LogP contribution in [-0.2, 0) is 14.8 Å². The number of nitrogens with one attached hydrogen (secondary N) is 2. The number of hydrogen-bond donors (Lipinski definition) is 2. The molecule has 1 aliphatic heterocycles. The molecule has 1 saturated heterocycles. The third-order valence-corrected chi connectivity index (χ3v) is 8.15. The number of likely N-dealkylation sites (tertiary alicyclic amines) is 1. The number of amides is 1. The van der Waals surface area contributed by atoms with E-state index in [1.807, 2.05) is 0 Å². The fourth-order valence-electron chi connectivity index (χ4n) is 4.79. The van der Waals surface area contributed by atoms with Crippen molar-refractivity contribution in [2.45, 2.75) is 88.6 Å². The van der Waals surface area contributed by atoms with Gasteiger partial charge >= 0.3 is 0 Å². The highest BCUT2D eigenvalue weighted by Crippen LogP contribution is 2.35. The minimum Gasteiger partial charge on any atom is -0.360 e. The molecule has 1 atom stereocenters. The molecule has 0 bridgehead atoms. The summed E-state index contributed by atoms with van der Waals surface area (Å²) >= 11 is 0. The Hall–Kier alpha value is -1.45. The van der Waals surface area contributed by atoms with E-state index in [0.717, 1.165) is 25.9 Å². The van der Waals surface area contributed by atoms with Crippen LogP contribution >= 0.6 is 0 Å². The Labute approximate surface area is 173 Å². The Balaban J connectivity index is 1.63. The summed E-state index contributed by atoms with van der Waals surface area (Å²) in [5, 5.41) is 6.73. The highest BCUT2D eigenvalue weighted by atomic mass is 32.2. The maximum Gasteiger partial charge on any atom is 0.246 e. The zero-order valence-corrected chi connectivity index (χ0v) is 18.6. The summed E-state index contributed by atoms with van der Waals surface area (Å²) in [4.78, 5) is 15.3. The molecule has 2 fully saturated rings. The Morgan fingerprint density at radius 1 is 1.14 bits per heavy atom. The molecular formula is C20H34N4O4S. The van der Waals surface area contributed by atoms with Crippen LogP contribution in [0.3, 0.4) is 0 Å². The van der Waals surface area contributed by atoms with Gasteiger partial charge < -0.3 is 9.84 Å². The van der Waals surface area contributed by atoms with Crippen molar-refractivity contribution in [2.24, 2.45) is 0 Å². The zero-order chi connectivity index (χ0) is 21.1. The molecule has 164 valence electrons. The van der Waals surface area contributed by atoms with E-state index in [4.69, 9.17) is 4.52 Å². The average molecular weight is 427 g/mol. The molecule has 0 aromatic carbocycles. The first-order chi connectivity index (χ1) is 13.8. The lowest BCUT2D eigenvalue weighted by Gasteiger charge is -2.48. The van der Waals surface area contributed by atoms with Crippen molar-refractivity contribution in [1.29, 1.82) is 0 Å². The number of aromatic nitrogens is 1. The van der Waals surface area contributed by atoms with Crippen LogP contribution < -0.4 is 10.0 Å². The molecule has 1 saturated carbocycles. The van der Waals surface area contributed by atoms with E-state index in [1.54, 1.807) is 20.8 Å². The lowest BCUT2D eigenvalue weighted by atomic mass is 9.79. The maximum absolute atomic E-state index is 12.7. The number of carbonyl (C=O) groups excluding carboxylic acids is 1. The van der Waals surface area contributed by atoms with Crippen LogP contribution in [0.25, 0.3) is 0 Å². The number of carbonyl (C=O) groups is 1. The van der Waals surface area contributed by atoms with Crippen LogP contribution in [0, 0.1) is 13.8 Å². The van der Waals surface area contributed by atoms with Crippen molar-refractivity contribution >= 4 is 15.9 Å². The molecule has 2 N–H and O–H groups in total. The van der Waals surface area contributed by atoms with Gasteiger partial charge in [0.05, 0.1) is 6.04 Å². The van der Waals surface area contributed by atoms with E-state index in [0.29, 0.717) is 6.54 Å². The summed E-state index contributed by atoms with van der Waals surface area (Å²) in [6.45, 7) is 7.43. The fraction of sp³-hybridized carbons (Fsp3) is 0.800. The smallest absolute Gasteiger partial charge is 0.246 e. The van der Waals surface area contributed by atoms with Crippen molar-refractivity contribution < 1.29 is 17.7 Å². The van der Waals surface area contributed by atoms with Crippen LogP contribution in [0.1, 0.15) is 69.7 Å². The average Bonchev–Trinajstić information content (AvgIpc) is 3.06. The highest BCUT2D eigenvalue weighted by Gasteiger charge is 2.39. The van der Waals surface area contributed by atoms with E-state index in [1.165, 1.54) is 38.5 Å². The fourth-order valence-corrected chi connectivity index (χ4v) is 6.32. The van der Waals surface area contributed by atoms with Gasteiger partial charge in [-0.2, -0.15) is 4.72 Å². The number of rotatable bonds is 7. The Bertz CT molecular complexity index is 789. The standard InChI is InChI=1S/C20H34N4O4S/c1-15-18(17(3)28-22-15)29(26,27)23-16(2)19(25)21-14-20(10-6-4-7-11-20)24-12-8-5-9-13-24/h16,23H,4-14H2,1-3H3,(H,21,25)/t16-/m0/s1. The molecule has 9 heteroatoms. The monoisotopic (exact) mass is 426 g/mol. The molecule has 0 radical (unpaired) electrons. The van der Waals surface area contributed by atoms with Crippen molar-refractivity contribution in [1.82, 2.24) is 20.1 Å². The number of aryl methyl sites for hydroxylation is 2. The van der Waals surface area contributed by atoms with Gasteiger partial charge in [0.25, 0.3) is 0 Å². The second-order valence-electron chi connectivity index (χ2n) is 8.55. The predicted molar refractivity (Wildman–Crippen MR) is 110 cm³/mol. The van der Waals surface area contributed by atoms with Crippen LogP contribution in [0.4, 0.5) is 0 Å². The van der Waals surface area contributed by atoms with Gasteiger partial charge in [-0.15, -0.1) is 0 Å². The van der Waals surface area contributed by atoms with Gasteiger partial charge in [0, 0.05) is 12.1 Å². The minimum absolute atomic E-state index is 0.00851. The summed E-state index contributed by atoms with van der Waals surface area (Å²) in [5.41, 5.74) is 0.294. The van der Waals surface area contributed by atoms with Crippen LogP contribution in [0.15, 0.2) is 9.42 Å². The summed E-state index contributed by atoms with van der Waals surface area (Å²) in [5.74, 6) is -0.0869. The maximum atomic E-state index is 12.7. The predicted octanol–water partition coefficient (Wildman–Crippen LogP) is 2.26. The van der Waals surface area contributed by atoms with E-state index in [-0.39, 0.29) is 27.8 Å². The molecule has 2 aliphatic rings. The van der Waals surface area contributed by atoms with Crippen molar-refractivity contribution in [3.05, 3.63) is 11.5 Å². The summed E-state index contributed by atoms with van der Waals surface area (Å²) in [6, 6.07) is -0.879. The SMILES string of the molecule is Cc1noc(C)c1S(=O)(=O)N[C@@H](C)C(=O)NCC1(N2CCCCC2)CCCCC1. The molecule has 1 amide bonds. The van der Waals surface area contributed by atoms with E-state index in [9.17, 15) is 13.2 Å². The van der Waals surface area contributed by atoms with Crippen LogP contribution in [-0.4, -0.2) is 55.6 Å². The van der Waals surface area contributed by atoms with E-state index < -0.39 is 16.1 Å². The topological polar surface area (TPSA) is 105 Å². The molecule has 0 spiro atoms. The van der Waals surface area contributed by atoms with Crippen molar-refractivity contribution in [3.8, 4) is 0 Å². The first-order valence-electron chi connectivity index (χ1n) is 10.7. The summed E-state index contributed by atoms with van der Waals surface area (Å²) in [6.07, 6.45) is 9.49. The van der Waals surface area contributed by atoms with Gasteiger partial charge in [-0.3, -0.25) is 9.69 Å². The Kier molecular flexibility index (Phi) is 7.01. The lowest BCUT2D eigenvalue weighted by Crippen LogP contribution is -2.59. The van der Waals surface area contributed by atoms with Crippen molar-refractivity contribution in [2.75, 3.05) is 19.6 Å². The first-order valence-corrected chi connectivity index (χ1v) is 12.2. The number of hydrogen-bond acceptors (Lipinski definition) is 6. The number of sulfonamides is 1. The molecule has 29 heavy (non-hydrogen) atoms. The lowest BCUT2D eigenvalue weighted by molar-refractivity contribution is -0.123. The number of piperidine rings is 1. The van der Waals surface area contributed by atoms with Crippen LogP contribution in [0.2, 0.25) is 0 Å². The molecule has 8 nitrogen and oxygen atoms in total. The molecule has 1 aliphatic carbocycles. The third-order valence-electron chi connectivity index (χ3n) is 6.36. The minimum atomic E-state index is -3.88. The molecule has 2 heterocycles. The highest BCUT2D eigenvalue weighted by molar-refractivity contribution is 7.89. The number of nitrogens with zero attached hydrogens (tertiary/aromatic N) is 2. The second-order valence-corrected chi connectivity index (χ2v) is 10.2. The summed E-state index contributed by atoms with van der Waals surface area (Å²) in [7, 11) is -3.88. The zero-order valence-electron chi connectivity index (χ0n) is 17.8. The quantitative estimate of drug-likeness (QED) is 0.693. The Morgan fingerprint density at radius 3 is 2.34 bits per heavy atom. The largest absolute Gasteiger partial charge is 0.360 e. The molecule has 0 unspecified atom stereocenters. The van der Waals surface area contributed by atoms with Crippen LogP contribution in [0.5, 0.6) is 0 Å². The first kappa shape index (κ1) is 22.2. The molecule has 3 rings (SSSR count). The Morgan fingerprint density at radius 2 is 1.76 bits per heavy atom. The van der Waals surface area contributed by atoms with Gasteiger partial charge in [-0.1, -0.05) is 30.8 Å². The van der Waals surface area contributed by atoms with E-state index >= 15 is 0 Å². The summed E-state index contributed by atoms with van der Waals surface area (Å²) < 4.78 is 32.8. The van der Waals surface area contributed by atoms with Gasteiger partial charge in [0.2, 0.25) is 15.9 Å². The van der Waals surface area contributed by atoms with Gasteiger partial charge in [0.1, 0.15) is 10.6 Å². The van der Waals surface area contributed by atoms with Gasteiger partial charge in [-0.05, 0) is 59.5 Å². The van der Waals surface area contributed by atoms with E-state index in [2.05, 4.69) is 20.1 Å². The molecule has 1 aromatic rings. The van der Waals surface area contributed by atoms with Gasteiger partial charge in [-0.25, -0.2) is 8.42 Å².